The number of thiophene rings is 1. The van der Waals surface area contributed by atoms with Crippen LogP contribution in [0.2, 0.25) is 5.02 Å². The summed E-state index contributed by atoms with van der Waals surface area (Å²) < 4.78 is 0. The van der Waals surface area contributed by atoms with Crippen LogP contribution in [0.25, 0.3) is 0 Å². The normalized spacial score (nSPS) is 19.4. The number of anilines is 1. The molecule has 1 aliphatic rings. The van der Waals surface area contributed by atoms with Crippen LogP contribution in [0.15, 0.2) is 29.6 Å². The van der Waals surface area contributed by atoms with Gasteiger partial charge in [-0.2, -0.15) is 0 Å². The van der Waals surface area contributed by atoms with Crippen molar-refractivity contribution >= 4 is 28.6 Å². The highest BCUT2D eigenvalue weighted by Crippen LogP contribution is 2.38. The summed E-state index contributed by atoms with van der Waals surface area (Å²) in [7, 11) is 0. The Morgan fingerprint density at radius 2 is 2.24 bits per heavy atom. The van der Waals surface area contributed by atoms with Crippen molar-refractivity contribution < 1.29 is 0 Å². The molecule has 21 heavy (non-hydrogen) atoms. The Balaban J connectivity index is 1.97. The minimum atomic E-state index is 0.138. The maximum Gasteiger partial charge on any atom is 0.0525 e. The summed E-state index contributed by atoms with van der Waals surface area (Å²) in [5.41, 5.74) is 10.0. The topological polar surface area (TPSA) is 29.3 Å². The number of hydrogen-bond acceptors (Lipinski definition) is 3. The first-order valence-electron chi connectivity index (χ1n) is 7.43. The molecular formula is C17H21ClN2S. The number of fused-ring (bicyclic) bond motifs is 1. The van der Waals surface area contributed by atoms with E-state index in [1.807, 2.05) is 24.3 Å². The van der Waals surface area contributed by atoms with E-state index in [-0.39, 0.29) is 6.04 Å². The van der Waals surface area contributed by atoms with Gasteiger partial charge in [0, 0.05) is 28.2 Å². The van der Waals surface area contributed by atoms with E-state index in [2.05, 4.69) is 35.4 Å². The van der Waals surface area contributed by atoms with Gasteiger partial charge in [-0.1, -0.05) is 11.6 Å². The van der Waals surface area contributed by atoms with E-state index in [4.69, 9.17) is 17.3 Å². The zero-order valence-electron chi connectivity index (χ0n) is 12.5. The van der Waals surface area contributed by atoms with Crippen molar-refractivity contribution in [3.8, 4) is 0 Å². The van der Waals surface area contributed by atoms with Crippen LogP contribution in [0.3, 0.4) is 0 Å². The lowest BCUT2D eigenvalue weighted by Gasteiger charge is -2.37. The van der Waals surface area contributed by atoms with E-state index in [1.165, 1.54) is 21.7 Å². The third-order valence-corrected chi connectivity index (χ3v) is 5.40. The number of nitrogens with zero attached hydrogens (tertiary/aromatic N) is 1. The molecule has 0 fully saturated rings. The molecule has 0 saturated heterocycles. The molecule has 1 aromatic carbocycles. The van der Waals surface area contributed by atoms with Crippen molar-refractivity contribution in [2.24, 2.45) is 5.73 Å². The highest BCUT2D eigenvalue weighted by atomic mass is 35.5. The molecule has 112 valence electrons. The van der Waals surface area contributed by atoms with E-state index >= 15 is 0 Å². The smallest absolute Gasteiger partial charge is 0.0525 e. The van der Waals surface area contributed by atoms with E-state index in [0.29, 0.717) is 6.04 Å². The van der Waals surface area contributed by atoms with Crippen LogP contribution in [-0.2, 0) is 12.8 Å². The first-order chi connectivity index (χ1) is 10.1. The zero-order chi connectivity index (χ0) is 15.0. The molecule has 1 aliphatic heterocycles. The Morgan fingerprint density at radius 3 is 3.00 bits per heavy atom. The van der Waals surface area contributed by atoms with Gasteiger partial charge >= 0.3 is 0 Å². The van der Waals surface area contributed by atoms with Crippen LogP contribution >= 0.6 is 22.9 Å². The molecule has 3 rings (SSSR count). The van der Waals surface area contributed by atoms with Gasteiger partial charge < -0.3 is 10.6 Å². The van der Waals surface area contributed by atoms with Crippen LogP contribution in [-0.4, -0.2) is 12.6 Å². The summed E-state index contributed by atoms with van der Waals surface area (Å²) in [5, 5.41) is 2.99. The lowest BCUT2D eigenvalue weighted by atomic mass is 9.97. The molecule has 0 bridgehead atoms. The number of benzene rings is 1. The molecule has 0 saturated carbocycles. The number of rotatable bonds is 3. The molecule has 2 unspecified atom stereocenters. The van der Waals surface area contributed by atoms with Gasteiger partial charge in [0.05, 0.1) is 6.04 Å². The van der Waals surface area contributed by atoms with Crippen LogP contribution in [0.4, 0.5) is 5.69 Å². The maximum absolute atomic E-state index is 6.18. The van der Waals surface area contributed by atoms with Crippen molar-refractivity contribution in [2.45, 2.75) is 38.8 Å². The zero-order valence-corrected chi connectivity index (χ0v) is 14.0. The fourth-order valence-electron chi connectivity index (χ4n) is 3.18. The van der Waals surface area contributed by atoms with E-state index in [1.54, 1.807) is 0 Å². The van der Waals surface area contributed by atoms with Crippen LogP contribution in [0, 0.1) is 0 Å². The third kappa shape index (κ3) is 2.96. The number of hydrogen-bond donors (Lipinski definition) is 1. The van der Waals surface area contributed by atoms with Gasteiger partial charge in [-0.05, 0) is 67.5 Å². The molecule has 1 aromatic heterocycles. The SMILES string of the molecule is CC(N)Cc1cc(Cl)ccc1N1CCc2sccc2C1C. The second-order valence-corrected chi connectivity index (χ2v) is 7.31. The average molecular weight is 321 g/mol. The molecule has 2 aromatic rings. The van der Waals surface area contributed by atoms with Crippen LogP contribution < -0.4 is 10.6 Å². The molecule has 2 nitrogen and oxygen atoms in total. The predicted molar refractivity (Wildman–Crippen MR) is 92.6 cm³/mol. The van der Waals surface area contributed by atoms with Crippen molar-refractivity contribution in [1.82, 2.24) is 0 Å². The van der Waals surface area contributed by atoms with Crippen molar-refractivity contribution in [2.75, 3.05) is 11.4 Å². The van der Waals surface area contributed by atoms with Crippen molar-refractivity contribution in [3.05, 3.63) is 50.7 Å². The summed E-state index contributed by atoms with van der Waals surface area (Å²) in [6.45, 7) is 5.39. The van der Waals surface area contributed by atoms with Gasteiger partial charge in [0.2, 0.25) is 0 Å². The van der Waals surface area contributed by atoms with Gasteiger partial charge in [0.1, 0.15) is 0 Å². The molecule has 0 radical (unpaired) electrons. The van der Waals surface area contributed by atoms with Gasteiger partial charge in [-0.25, -0.2) is 0 Å². The third-order valence-electron chi connectivity index (χ3n) is 4.17. The van der Waals surface area contributed by atoms with Crippen LogP contribution in [0.5, 0.6) is 0 Å². The molecule has 0 spiro atoms. The number of halogens is 1. The first-order valence-corrected chi connectivity index (χ1v) is 8.69. The Kier molecular flexibility index (Phi) is 4.25. The first kappa shape index (κ1) is 14.9. The van der Waals surface area contributed by atoms with Gasteiger partial charge in [0.15, 0.2) is 0 Å². The minimum absolute atomic E-state index is 0.138. The van der Waals surface area contributed by atoms with Crippen molar-refractivity contribution in [1.29, 1.82) is 0 Å². The van der Waals surface area contributed by atoms with Crippen molar-refractivity contribution in [3.63, 3.8) is 0 Å². The van der Waals surface area contributed by atoms with E-state index in [0.717, 1.165) is 24.4 Å². The largest absolute Gasteiger partial charge is 0.364 e. The predicted octanol–water partition coefficient (Wildman–Crippen LogP) is 4.41. The highest BCUT2D eigenvalue weighted by Gasteiger charge is 2.26. The second-order valence-electron chi connectivity index (χ2n) is 5.87. The summed E-state index contributed by atoms with van der Waals surface area (Å²) in [6.07, 6.45) is 1.98. The minimum Gasteiger partial charge on any atom is -0.364 e. The van der Waals surface area contributed by atoms with Gasteiger partial charge in [-0.3, -0.25) is 0 Å². The average Bonchev–Trinajstić information content (AvgIpc) is 2.89. The molecule has 0 amide bonds. The molecule has 4 heteroatoms. The lowest BCUT2D eigenvalue weighted by Crippen LogP contribution is -2.34. The molecule has 2 heterocycles. The summed E-state index contributed by atoms with van der Waals surface area (Å²) >= 11 is 8.06. The standard InChI is InChI=1S/C17H21ClN2S/c1-11(19)9-13-10-14(18)3-4-16(13)20-7-5-17-15(12(20)2)6-8-21-17/h3-4,6,8,10-12H,5,7,9,19H2,1-2H3. The second kappa shape index (κ2) is 5.99. The maximum atomic E-state index is 6.18. The van der Waals surface area contributed by atoms with Gasteiger partial charge in [-0.15, -0.1) is 11.3 Å². The fourth-order valence-corrected chi connectivity index (χ4v) is 4.34. The highest BCUT2D eigenvalue weighted by molar-refractivity contribution is 7.10. The Labute approximate surface area is 135 Å². The quantitative estimate of drug-likeness (QED) is 0.907. The van der Waals surface area contributed by atoms with E-state index in [9.17, 15) is 0 Å². The molecular weight excluding hydrogens is 300 g/mol. The monoisotopic (exact) mass is 320 g/mol. The lowest BCUT2D eigenvalue weighted by molar-refractivity contribution is 0.626. The van der Waals surface area contributed by atoms with Crippen LogP contribution in [0.1, 0.15) is 35.9 Å². The summed E-state index contributed by atoms with van der Waals surface area (Å²) in [4.78, 5) is 4.02. The summed E-state index contributed by atoms with van der Waals surface area (Å²) in [5.74, 6) is 0. The Morgan fingerprint density at radius 1 is 1.43 bits per heavy atom. The Hall–Kier alpha value is -1.03. The molecule has 0 aliphatic carbocycles. The fraction of sp³-hybridized carbons (Fsp3) is 0.412. The molecule has 2 N–H and O–H groups in total. The Bertz CT molecular complexity index is 635. The summed E-state index contributed by atoms with van der Waals surface area (Å²) in [6, 6.07) is 9.01. The van der Waals surface area contributed by atoms with E-state index < -0.39 is 0 Å². The molecule has 2 atom stereocenters. The van der Waals surface area contributed by atoms with Gasteiger partial charge in [0.25, 0.3) is 0 Å². The number of nitrogens with two attached hydrogens (primary N) is 1.